The molecule has 2 heterocycles. The molecule has 0 saturated carbocycles. The molecule has 1 saturated heterocycles. The largest absolute Gasteiger partial charge is 0.465 e. The lowest BCUT2D eigenvalue weighted by molar-refractivity contribution is -0.152. The van der Waals surface area contributed by atoms with Crippen LogP contribution in [0.5, 0.6) is 0 Å². The molecule has 1 fully saturated rings. The highest BCUT2D eigenvalue weighted by atomic mass is 35.5. The SMILES string of the molecule is CCOC(=O)C1(c2ccccc2)CCN(CCc2conc2-c2ccc(F)cc2)CC1.Cl. The minimum absolute atomic E-state index is 0. The molecule has 0 N–H and O–H groups in total. The van der Waals surface area contributed by atoms with Crippen molar-refractivity contribution in [3.05, 3.63) is 77.8 Å². The number of carbonyl (C=O) groups is 1. The molecule has 2 aromatic carbocycles. The van der Waals surface area contributed by atoms with Crippen molar-refractivity contribution in [2.24, 2.45) is 0 Å². The molecule has 0 amide bonds. The summed E-state index contributed by atoms with van der Waals surface area (Å²) in [6.45, 7) is 4.69. The molecule has 7 heteroatoms. The van der Waals surface area contributed by atoms with Crippen LogP contribution in [0, 0.1) is 5.82 Å². The van der Waals surface area contributed by atoms with E-state index in [0.29, 0.717) is 6.61 Å². The smallest absolute Gasteiger partial charge is 0.316 e. The predicted molar refractivity (Wildman–Crippen MR) is 123 cm³/mol. The number of ether oxygens (including phenoxy) is 1. The topological polar surface area (TPSA) is 55.6 Å². The maximum atomic E-state index is 13.2. The van der Waals surface area contributed by atoms with Crippen LogP contribution < -0.4 is 0 Å². The normalized spacial score (nSPS) is 15.7. The first-order chi connectivity index (χ1) is 15.1. The van der Waals surface area contributed by atoms with Crippen molar-refractivity contribution in [1.82, 2.24) is 10.1 Å². The van der Waals surface area contributed by atoms with Crippen LogP contribution in [-0.2, 0) is 21.4 Å². The standard InChI is InChI=1S/C25H27FN2O3.ClH/c1-2-30-24(29)25(21-6-4-3-5-7-21)13-16-28(17-14-25)15-12-20-18-31-27-23(20)19-8-10-22(26)11-9-19;/h3-11,18H,2,12-17H2,1H3;1H. The molecular weight excluding hydrogens is 431 g/mol. The molecule has 0 unspecified atom stereocenters. The van der Waals surface area contributed by atoms with E-state index in [1.807, 2.05) is 37.3 Å². The lowest BCUT2D eigenvalue weighted by Crippen LogP contribution is -2.48. The van der Waals surface area contributed by atoms with Crippen molar-refractivity contribution < 1.29 is 18.4 Å². The van der Waals surface area contributed by atoms with Gasteiger partial charge in [0.1, 0.15) is 17.8 Å². The predicted octanol–water partition coefficient (Wildman–Crippen LogP) is 5.04. The van der Waals surface area contributed by atoms with Gasteiger partial charge in [-0.1, -0.05) is 35.5 Å². The lowest BCUT2D eigenvalue weighted by Gasteiger charge is -2.40. The number of rotatable bonds is 7. The Morgan fingerprint density at radius 2 is 1.81 bits per heavy atom. The van der Waals surface area contributed by atoms with Crippen molar-refractivity contribution in [2.75, 3.05) is 26.2 Å². The molecule has 5 nitrogen and oxygen atoms in total. The molecule has 1 aliphatic heterocycles. The fourth-order valence-corrected chi connectivity index (χ4v) is 4.35. The van der Waals surface area contributed by atoms with Gasteiger partial charge in [-0.2, -0.15) is 0 Å². The average Bonchev–Trinajstić information content (AvgIpc) is 3.28. The zero-order chi connectivity index (χ0) is 21.7. The molecule has 1 aromatic heterocycles. The van der Waals surface area contributed by atoms with Gasteiger partial charge in [0.15, 0.2) is 0 Å². The molecular formula is C25H28ClFN2O3. The van der Waals surface area contributed by atoms with Crippen LogP contribution in [0.3, 0.4) is 0 Å². The molecule has 0 aliphatic carbocycles. The monoisotopic (exact) mass is 458 g/mol. The number of piperidine rings is 1. The first-order valence-electron chi connectivity index (χ1n) is 10.8. The van der Waals surface area contributed by atoms with Crippen molar-refractivity contribution >= 4 is 18.4 Å². The number of benzene rings is 2. The molecule has 32 heavy (non-hydrogen) atoms. The van der Waals surface area contributed by atoms with Crippen LogP contribution >= 0.6 is 12.4 Å². The number of nitrogens with zero attached hydrogens (tertiary/aromatic N) is 2. The Balaban J connectivity index is 0.00000289. The number of esters is 1. The van der Waals surface area contributed by atoms with Crippen LogP contribution in [0.2, 0.25) is 0 Å². The van der Waals surface area contributed by atoms with E-state index < -0.39 is 5.41 Å². The summed E-state index contributed by atoms with van der Waals surface area (Å²) in [6, 6.07) is 16.3. The first kappa shape index (κ1) is 24.0. The summed E-state index contributed by atoms with van der Waals surface area (Å²) in [5.41, 5.74) is 3.04. The van der Waals surface area contributed by atoms with Crippen LogP contribution in [-0.4, -0.2) is 42.3 Å². The minimum Gasteiger partial charge on any atom is -0.465 e. The minimum atomic E-state index is -0.579. The van der Waals surface area contributed by atoms with Crippen molar-refractivity contribution in [1.29, 1.82) is 0 Å². The Hall–Kier alpha value is -2.70. The Bertz CT molecular complexity index is 1000. The Morgan fingerprint density at radius 3 is 2.47 bits per heavy atom. The van der Waals surface area contributed by atoms with E-state index in [1.165, 1.54) is 12.1 Å². The van der Waals surface area contributed by atoms with Crippen molar-refractivity contribution in [2.45, 2.75) is 31.6 Å². The molecule has 0 spiro atoms. The summed E-state index contributed by atoms with van der Waals surface area (Å²) in [5.74, 6) is -0.399. The average molecular weight is 459 g/mol. The van der Waals surface area contributed by atoms with Gasteiger partial charge in [0.2, 0.25) is 0 Å². The Labute approximate surface area is 194 Å². The fourth-order valence-electron chi connectivity index (χ4n) is 4.35. The second-order valence-electron chi connectivity index (χ2n) is 7.96. The van der Waals surface area contributed by atoms with E-state index in [2.05, 4.69) is 10.1 Å². The van der Waals surface area contributed by atoms with Crippen molar-refractivity contribution in [3.63, 3.8) is 0 Å². The van der Waals surface area contributed by atoms with Crippen LogP contribution in [0.25, 0.3) is 11.3 Å². The molecule has 4 rings (SSSR count). The summed E-state index contributed by atoms with van der Waals surface area (Å²) in [5, 5.41) is 4.11. The molecule has 1 aliphatic rings. The molecule has 170 valence electrons. The van der Waals surface area contributed by atoms with E-state index in [4.69, 9.17) is 9.26 Å². The van der Waals surface area contributed by atoms with Gasteiger partial charge in [-0.15, -0.1) is 12.4 Å². The zero-order valence-electron chi connectivity index (χ0n) is 18.1. The quantitative estimate of drug-likeness (QED) is 0.464. The third-order valence-corrected chi connectivity index (χ3v) is 6.16. The van der Waals surface area contributed by atoms with Gasteiger partial charge in [-0.05, 0) is 69.1 Å². The maximum absolute atomic E-state index is 13.2. The van der Waals surface area contributed by atoms with Crippen LogP contribution in [0.15, 0.2) is 65.4 Å². The third kappa shape index (κ3) is 5.03. The van der Waals surface area contributed by atoms with E-state index in [0.717, 1.165) is 61.3 Å². The lowest BCUT2D eigenvalue weighted by atomic mass is 9.72. The molecule has 0 atom stereocenters. The number of hydrogen-bond donors (Lipinski definition) is 0. The van der Waals surface area contributed by atoms with E-state index >= 15 is 0 Å². The van der Waals surface area contributed by atoms with Gasteiger partial charge < -0.3 is 14.2 Å². The number of likely N-dealkylation sites (tertiary alicyclic amines) is 1. The number of aromatic nitrogens is 1. The van der Waals surface area contributed by atoms with Crippen LogP contribution in [0.4, 0.5) is 4.39 Å². The van der Waals surface area contributed by atoms with E-state index in [1.54, 1.807) is 18.4 Å². The summed E-state index contributed by atoms with van der Waals surface area (Å²) < 4.78 is 23.9. The Kier molecular flexibility index (Phi) is 8.04. The molecule has 0 radical (unpaired) electrons. The molecule has 3 aromatic rings. The van der Waals surface area contributed by atoms with Gasteiger partial charge in [0.25, 0.3) is 0 Å². The Morgan fingerprint density at radius 1 is 1.12 bits per heavy atom. The summed E-state index contributed by atoms with van der Waals surface area (Å²) in [4.78, 5) is 15.3. The van der Waals surface area contributed by atoms with Gasteiger partial charge in [-0.25, -0.2) is 4.39 Å². The second kappa shape index (κ2) is 10.7. The highest BCUT2D eigenvalue weighted by molar-refractivity contribution is 5.85. The van der Waals surface area contributed by atoms with Crippen molar-refractivity contribution in [3.8, 4) is 11.3 Å². The second-order valence-corrected chi connectivity index (χ2v) is 7.96. The highest BCUT2D eigenvalue weighted by Crippen LogP contribution is 2.37. The van der Waals surface area contributed by atoms with Crippen LogP contribution in [0.1, 0.15) is 30.9 Å². The highest BCUT2D eigenvalue weighted by Gasteiger charge is 2.44. The fraction of sp³-hybridized carbons (Fsp3) is 0.360. The summed E-state index contributed by atoms with van der Waals surface area (Å²) in [7, 11) is 0. The van der Waals surface area contributed by atoms with Gasteiger partial charge in [0, 0.05) is 17.7 Å². The summed E-state index contributed by atoms with van der Waals surface area (Å²) in [6.07, 6.45) is 3.89. The van der Waals surface area contributed by atoms with Gasteiger partial charge >= 0.3 is 5.97 Å². The number of halogens is 2. The van der Waals surface area contributed by atoms with E-state index in [9.17, 15) is 9.18 Å². The summed E-state index contributed by atoms with van der Waals surface area (Å²) >= 11 is 0. The van der Waals surface area contributed by atoms with Gasteiger partial charge in [-0.3, -0.25) is 4.79 Å². The maximum Gasteiger partial charge on any atom is 0.316 e. The number of hydrogen-bond acceptors (Lipinski definition) is 5. The number of carbonyl (C=O) groups excluding carboxylic acids is 1. The third-order valence-electron chi connectivity index (χ3n) is 6.16. The van der Waals surface area contributed by atoms with Gasteiger partial charge in [0.05, 0.1) is 12.0 Å². The van der Waals surface area contributed by atoms with E-state index in [-0.39, 0.29) is 24.2 Å². The zero-order valence-corrected chi connectivity index (χ0v) is 18.9. The molecule has 0 bridgehead atoms. The first-order valence-corrected chi connectivity index (χ1v) is 10.8.